The largest absolute Gasteiger partial charge is 0.340 e. The van der Waals surface area contributed by atoms with E-state index in [4.69, 9.17) is 0 Å². The van der Waals surface area contributed by atoms with Gasteiger partial charge in [-0.1, -0.05) is 24.3 Å². The molecule has 1 amide bonds. The summed E-state index contributed by atoms with van der Waals surface area (Å²) in [7, 11) is -7.44. The van der Waals surface area contributed by atoms with Crippen LogP contribution in [0.15, 0.2) is 46.2 Å². The van der Waals surface area contributed by atoms with Gasteiger partial charge in [0.15, 0.2) is 9.84 Å². The van der Waals surface area contributed by atoms with Crippen LogP contribution >= 0.6 is 0 Å². The Morgan fingerprint density at radius 3 is 2.16 bits per heavy atom. The van der Waals surface area contributed by atoms with E-state index >= 15 is 0 Å². The Balaban J connectivity index is 1.70. The number of benzene rings is 2. The van der Waals surface area contributed by atoms with Gasteiger partial charge in [-0.05, 0) is 68.5 Å². The molecular weight excluding hydrogens is 436 g/mol. The van der Waals surface area contributed by atoms with Crippen molar-refractivity contribution in [3.63, 3.8) is 0 Å². The molecule has 9 heteroatoms. The molecule has 0 radical (unpaired) electrons. The molecule has 1 N–H and O–H groups in total. The number of nitrogens with one attached hydrogen (secondary N) is 1. The monoisotopic (exact) mass is 464 g/mol. The molecule has 0 aliphatic carbocycles. The number of sulfone groups is 1. The maximum Gasteiger partial charge on any atom is 0.241 e. The molecule has 1 heterocycles. The van der Waals surface area contributed by atoms with Gasteiger partial charge in [0.05, 0.1) is 21.6 Å². The van der Waals surface area contributed by atoms with Gasteiger partial charge in [0, 0.05) is 13.1 Å². The summed E-state index contributed by atoms with van der Waals surface area (Å²) in [6.07, 6.45) is 0.324. The highest BCUT2D eigenvalue weighted by molar-refractivity contribution is 7.92. The van der Waals surface area contributed by atoms with Gasteiger partial charge in [-0.25, -0.2) is 21.6 Å². The lowest BCUT2D eigenvalue weighted by atomic mass is 10.0. The molecule has 31 heavy (non-hydrogen) atoms. The Hall–Kier alpha value is -2.23. The van der Waals surface area contributed by atoms with Gasteiger partial charge in [0.2, 0.25) is 15.9 Å². The van der Waals surface area contributed by atoms with Gasteiger partial charge in [0.1, 0.15) is 0 Å². The standard InChI is InChI=1S/C22H28N2O5S2/c1-15-12-16(2)18(4)22(17(15)3)31(28,29)23-13-21(25)24-11-10-20(14-24)30(26,27)19-8-6-5-7-9-19/h5-9,12,20,23H,10-11,13-14H2,1-4H3. The van der Waals surface area contributed by atoms with Crippen LogP contribution in [0.2, 0.25) is 0 Å². The van der Waals surface area contributed by atoms with Crippen LogP contribution in [0, 0.1) is 27.7 Å². The van der Waals surface area contributed by atoms with Gasteiger partial charge < -0.3 is 4.90 Å². The van der Waals surface area contributed by atoms with E-state index in [0.29, 0.717) is 17.5 Å². The maximum absolute atomic E-state index is 12.9. The van der Waals surface area contributed by atoms with Crippen molar-refractivity contribution in [1.82, 2.24) is 9.62 Å². The maximum atomic E-state index is 12.9. The third-order valence-corrected chi connectivity index (χ3v) is 9.85. The van der Waals surface area contributed by atoms with Crippen molar-refractivity contribution in [3.05, 3.63) is 58.7 Å². The number of nitrogens with zero attached hydrogens (tertiary/aromatic N) is 1. The Kier molecular flexibility index (Phi) is 6.59. The number of rotatable bonds is 6. The third-order valence-electron chi connectivity index (χ3n) is 5.99. The van der Waals surface area contributed by atoms with E-state index in [-0.39, 0.29) is 22.9 Å². The molecule has 0 bridgehead atoms. The van der Waals surface area contributed by atoms with Crippen LogP contribution in [0.3, 0.4) is 0 Å². The van der Waals surface area contributed by atoms with Crippen molar-refractivity contribution >= 4 is 25.8 Å². The van der Waals surface area contributed by atoms with Crippen LogP contribution in [0.25, 0.3) is 0 Å². The highest BCUT2D eigenvalue weighted by Gasteiger charge is 2.36. The lowest BCUT2D eigenvalue weighted by Gasteiger charge is -2.19. The molecule has 1 atom stereocenters. The molecule has 168 valence electrons. The lowest BCUT2D eigenvalue weighted by molar-refractivity contribution is -0.128. The van der Waals surface area contributed by atoms with E-state index < -0.39 is 37.6 Å². The quantitative estimate of drug-likeness (QED) is 0.707. The molecule has 2 aromatic rings. The summed E-state index contributed by atoms with van der Waals surface area (Å²) < 4.78 is 53.8. The minimum atomic E-state index is -3.89. The zero-order valence-electron chi connectivity index (χ0n) is 18.2. The number of aryl methyl sites for hydroxylation is 2. The molecule has 3 rings (SSSR count). The summed E-state index contributed by atoms with van der Waals surface area (Å²) in [6.45, 7) is 7.12. The van der Waals surface area contributed by atoms with Crippen molar-refractivity contribution in [3.8, 4) is 0 Å². The van der Waals surface area contributed by atoms with Crippen LogP contribution in [-0.2, 0) is 24.7 Å². The molecule has 1 fully saturated rings. The minimum absolute atomic E-state index is 0.0550. The van der Waals surface area contributed by atoms with E-state index in [9.17, 15) is 21.6 Å². The van der Waals surface area contributed by atoms with Crippen LogP contribution in [0.1, 0.15) is 28.7 Å². The van der Waals surface area contributed by atoms with Crippen LogP contribution in [0.4, 0.5) is 0 Å². The van der Waals surface area contributed by atoms with Gasteiger partial charge in [0.25, 0.3) is 0 Å². The second-order valence-electron chi connectivity index (χ2n) is 8.02. The number of hydrogen-bond donors (Lipinski definition) is 1. The van der Waals surface area contributed by atoms with Crippen LogP contribution < -0.4 is 4.72 Å². The van der Waals surface area contributed by atoms with E-state index in [1.54, 1.807) is 44.2 Å². The third kappa shape index (κ3) is 4.68. The molecule has 0 spiro atoms. The predicted molar refractivity (Wildman–Crippen MR) is 119 cm³/mol. The number of hydrogen-bond acceptors (Lipinski definition) is 5. The highest BCUT2D eigenvalue weighted by atomic mass is 32.2. The van der Waals surface area contributed by atoms with Gasteiger partial charge in [-0.2, -0.15) is 0 Å². The fourth-order valence-electron chi connectivity index (χ4n) is 3.94. The first-order valence-electron chi connectivity index (χ1n) is 10.1. The summed E-state index contributed by atoms with van der Waals surface area (Å²) in [6, 6.07) is 10.1. The summed E-state index contributed by atoms with van der Waals surface area (Å²) in [5, 5.41) is -0.695. The zero-order chi connectivity index (χ0) is 23.0. The Morgan fingerprint density at radius 2 is 1.58 bits per heavy atom. The van der Waals surface area contributed by atoms with E-state index in [0.717, 1.165) is 11.1 Å². The van der Waals surface area contributed by atoms with Crippen molar-refractivity contribution in [2.75, 3.05) is 19.6 Å². The number of carbonyl (C=O) groups excluding carboxylic acids is 1. The lowest BCUT2D eigenvalue weighted by Crippen LogP contribution is -2.40. The van der Waals surface area contributed by atoms with Crippen LogP contribution in [0.5, 0.6) is 0 Å². The predicted octanol–water partition coefficient (Wildman–Crippen LogP) is 2.27. The van der Waals surface area contributed by atoms with Crippen molar-refractivity contribution in [1.29, 1.82) is 0 Å². The summed E-state index contributed by atoms with van der Waals surface area (Å²) >= 11 is 0. The Morgan fingerprint density at radius 1 is 1.00 bits per heavy atom. The SMILES string of the molecule is Cc1cc(C)c(C)c(S(=O)(=O)NCC(=O)N2CCC(S(=O)(=O)c3ccccc3)C2)c1C. The number of amides is 1. The first-order chi connectivity index (χ1) is 14.4. The Labute approximate surface area is 184 Å². The fourth-order valence-corrected chi connectivity index (χ4v) is 7.23. The number of sulfonamides is 1. The average molecular weight is 465 g/mol. The number of carbonyl (C=O) groups is 1. The van der Waals surface area contributed by atoms with E-state index in [2.05, 4.69) is 4.72 Å². The summed E-state index contributed by atoms with van der Waals surface area (Å²) in [5.74, 6) is -0.436. The molecule has 1 unspecified atom stereocenters. The van der Waals surface area contributed by atoms with Crippen LogP contribution in [-0.4, -0.2) is 52.5 Å². The van der Waals surface area contributed by atoms with Gasteiger partial charge >= 0.3 is 0 Å². The molecule has 1 aliphatic rings. The zero-order valence-corrected chi connectivity index (χ0v) is 19.8. The van der Waals surface area contributed by atoms with Gasteiger partial charge in [-0.15, -0.1) is 0 Å². The molecule has 7 nitrogen and oxygen atoms in total. The van der Waals surface area contributed by atoms with Crippen molar-refractivity contribution in [2.45, 2.75) is 49.2 Å². The highest BCUT2D eigenvalue weighted by Crippen LogP contribution is 2.26. The minimum Gasteiger partial charge on any atom is -0.340 e. The molecule has 0 saturated carbocycles. The molecule has 0 aromatic heterocycles. The molecular formula is C22H28N2O5S2. The second kappa shape index (κ2) is 8.72. The van der Waals surface area contributed by atoms with E-state index in [1.165, 1.54) is 4.90 Å². The first kappa shape index (κ1) is 23.4. The fraction of sp³-hybridized carbons (Fsp3) is 0.409. The summed E-state index contributed by atoms with van der Waals surface area (Å²) in [5.41, 5.74) is 3.03. The normalized spacial score (nSPS) is 17.2. The molecule has 1 saturated heterocycles. The van der Waals surface area contributed by atoms with Crippen molar-refractivity contribution < 1.29 is 21.6 Å². The molecule has 2 aromatic carbocycles. The van der Waals surface area contributed by atoms with Crippen molar-refractivity contribution in [2.24, 2.45) is 0 Å². The molecule has 1 aliphatic heterocycles. The van der Waals surface area contributed by atoms with Gasteiger partial charge in [-0.3, -0.25) is 4.79 Å². The Bertz CT molecular complexity index is 1180. The average Bonchev–Trinajstić information content (AvgIpc) is 3.22. The first-order valence-corrected chi connectivity index (χ1v) is 13.1. The topological polar surface area (TPSA) is 101 Å². The smallest absolute Gasteiger partial charge is 0.241 e. The van der Waals surface area contributed by atoms with E-state index in [1.807, 2.05) is 19.9 Å². The summed E-state index contributed by atoms with van der Waals surface area (Å²) in [4.78, 5) is 14.5. The second-order valence-corrected chi connectivity index (χ2v) is 12.0. The number of likely N-dealkylation sites (tertiary alicyclic amines) is 1.